The van der Waals surface area contributed by atoms with Crippen molar-refractivity contribution in [3.05, 3.63) is 93.1 Å². The average molecular weight is 701 g/mol. The van der Waals surface area contributed by atoms with Gasteiger partial charge in [-0.3, -0.25) is 14.5 Å². The Labute approximate surface area is 274 Å². The molecule has 9 nitrogen and oxygen atoms in total. The average Bonchev–Trinajstić information content (AvgIpc) is 3.01. The van der Waals surface area contributed by atoms with Crippen molar-refractivity contribution in [2.45, 2.75) is 18.9 Å². The van der Waals surface area contributed by atoms with Crippen LogP contribution in [-0.4, -0.2) is 64.0 Å². The number of anilines is 1. The van der Waals surface area contributed by atoms with Crippen LogP contribution in [0.15, 0.2) is 75.9 Å². The number of halogens is 5. The molecule has 4 aromatic rings. The van der Waals surface area contributed by atoms with Gasteiger partial charge >= 0.3 is 15.6 Å². The molecule has 5 rings (SSSR count). The topological polar surface area (TPSA) is 109 Å². The smallest absolute Gasteiger partial charge is 0.455 e. The van der Waals surface area contributed by atoms with Crippen LogP contribution in [0.4, 0.5) is 18.9 Å². The van der Waals surface area contributed by atoms with Crippen LogP contribution in [0.3, 0.4) is 0 Å². The Morgan fingerprint density at radius 3 is 2.39 bits per heavy atom. The van der Waals surface area contributed by atoms with Crippen molar-refractivity contribution in [3.63, 3.8) is 0 Å². The molecular weight excluding hydrogens is 670 g/mol. The number of nitrogens with zero attached hydrogens (tertiary/aromatic N) is 2. The maximum Gasteiger partial charge on any atom is 0.534 e. The molecule has 1 aliphatic heterocycles. The van der Waals surface area contributed by atoms with Gasteiger partial charge in [0.25, 0.3) is 5.91 Å². The molecule has 2 heterocycles. The van der Waals surface area contributed by atoms with Gasteiger partial charge in [0.15, 0.2) is 16.8 Å². The number of hydrogen-bond acceptors (Lipinski definition) is 8. The molecule has 0 radical (unpaired) electrons. The van der Waals surface area contributed by atoms with E-state index in [1.807, 2.05) is 30.3 Å². The summed E-state index contributed by atoms with van der Waals surface area (Å²) in [5.41, 5.74) is -3.97. The lowest BCUT2D eigenvalue weighted by molar-refractivity contribution is -0.0499. The molecule has 0 atom stereocenters. The van der Waals surface area contributed by atoms with Gasteiger partial charge in [0.1, 0.15) is 5.76 Å². The first-order valence-corrected chi connectivity index (χ1v) is 15.8. The number of carbonyl (C=O) groups excluding carboxylic acids is 1. The predicted molar refractivity (Wildman–Crippen MR) is 173 cm³/mol. The van der Waals surface area contributed by atoms with Crippen LogP contribution in [-0.2, 0) is 10.1 Å². The van der Waals surface area contributed by atoms with Crippen molar-refractivity contribution in [1.82, 2.24) is 10.2 Å². The third-order valence-electron chi connectivity index (χ3n) is 7.48. The van der Waals surface area contributed by atoms with Crippen molar-refractivity contribution in [2.75, 3.05) is 44.2 Å². The molecule has 3 aromatic carbocycles. The summed E-state index contributed by atoms with van der Waals surface area (Å²) in [7, 11) is -5.85. The summed E-state index contributed by atoms with van der Waals surface area (Å²) in [5.74, 6) is -0.423. The first-order chi connectivity index (χ1) is 21.4. The van der Waals surface area contributed by atoms with Crippen LogP contribution >= 0.6 is 24.0 Å². The highest BCUT2D eigenvalue weighted by molar-refractivity contribution is 7.88. The van der Waals surface area contributed by atoms with Crippen LogP contribution in [0.25, 0.3) is 22.3 Å². The van der Waals surface area contributed by atoms with Crippen LogP contribution in [0.5, 0.6) is 5.75 Å². The number of nitrogens with one attached hydrogen (secondary N) is 1. The van der Waals surface area contributed by atoms with E-state index in [9.17, 15) is 31.2 Å². The summed E-state index contributed by atoms with van der Waals surface area (Å²) < 4.78 is 72.4. The lowest BCUT2D eigenvalue weighted by Crippen LogP contribution is -2.47. The Kier molecular flexibility index (Phi) is 10.9. The molecule has 1 aromatic heterocycles. The number of alkyl halides is 3. The fraction of sp³-hybridized carbons (Fsp3) is 0.290. The minimum Gasteiger partial charge on any atom is -0.455 e. The third-order valence-corrected chi connectivity index (χ3v) is 8.68. The second-order valence-corrected chi connectivity index (χ2v) is 12.4. The van der Waals surface area contributed by atoms with E-state index < -0.39 is 21.4 Å². The molecule has 0 bridgehead atoms. The van der Waals surface area contributed by atoms with Crippen molar-refractivity contribution in [1.29, 1.82) is 0 Å². The molecule has 15 heteroatoms. The van der Waals surface area contributed by atoms with Crippen LogP contribution in [0, 0.1) is 6.92 Å². The van der Waals surface area contributed by atoms with Crippen molar-refractivity contribution in [2.24, 2.45) is 0 Å². The monoisotopic (exact) mass is 699 g/mol. The summed E-state index contributed by atoms with van der Waals surface area (Å²) in [6.07, 6.45) is 0.601. The molecule has 0 spiro atoms. The molecule has 246 valence electrons. The summed E-state index contributed by atoms with van der Waals surface area (Å²) >= 11 is 6.04. The fourth-order valence-electron chi connectivity index (χ4n) is 5.14. The van der Waals surface area contributed by atoms with E-state index in [0.29, 0.717) is 62.4 Å². The number of benzene rings is 3. The zero-order chi connectivity index (χ0) is 32.4. The molecular formula is C31H30Cl2F3N3O6S. The SMILES string of the molecule is Cc1c(-c2ccccc2)oc2c(C(=O)NCCCN3CCN(c4cc(Cl)ccc4OS(=O)(=O)C(F)(F)F)CC3)cccc2c1=O.Cl. The highest BCUT2D eigenvalue weighted by Crippen LogP contribution is 2.36. The summed E-state index contributed by atoms with van der Waals surface area (Å²) in [6, 6.07) is 17.8. The number of carbonyl (C=O) groups is 1. The van der Waals surface area contributed by atoms with E-state index >= 15 is 0 Å². The Morgan fingerprint density at radius 1 is 1.02 bits per heavy atom. The fourth-order valence-corrected chi connectivity index (χ4v) is 5.78. The lowest BCUT2D eigenvalue weighted by atomic mass is 10.0. The highest BCUT2D eigenvalue weighted by Gasteiger charge is 2.49. The van der Waals surface area contributed by atoms with Crippen molar-refractivity contribution in [3.8, 4) is 17.1 Å². The number of hydrogen-bond donors (Lipinski definition) is 1. The van der Waals surface area contributed by atoms with Gasteiger partial charge in [-0.2, -0.15) is 21.6 Å². The van der Waals surface area contributed by atoms with E-state index in [1.54, 1.807) is 30.0 Å². The second kappa shape index (κ2) is 14.3. The molecule has 1 N–H and O–H groups in total. The van der Waals surface area contributed by atoms with Crippen molar-refractivity contribution < 1.29 is 35.0 Å². The Morgan fingerprint density at radius 2 is 1.72 bits per heavy atom. The van der Waals surface area contributed by atoms with E-state index in [0.717, 1.165) is 11.6 Å². The lowest BCUT2D eigenvalue weighted by Gasteiger charge is -2.36. The van der Waals surface area contributed by atoms with Gasteiger partial charge in [-0.05, 0) is 50.2 Å². The Balaban J connectivity index is 0.00000480. The van der Waals surface area contributed by atoms with Gasteiger partial charge < -0.3 is 18.8 Å². The number of fused-ring (bicyclic) bond motifs is 1. The predicted octanol–water partition coefficient (Wildman–Crippen LogP) is 6.01. The number of amides is 1. The quantitative estimate of drug-likeness (QED) is 0.129. The number of piperazine rings is 1. The van der Waals surface area contributed by atoms with E-state index in [2.05, 4.69) is 14.4 Å². The normalized spacial score (nSPS) is 14.2. The van der Waals surface area contributed by atoms with Crippen molar-refractivity contribution >= 4 is 56.7 Å². The minimum atomic E-state index is -5.85. The highest BCUT2D eigenvalue weighted by atomic mass is 35.5. The molecule has 1 aliphatic rings. The first kappa shape index (κ1) is 35.1. The van der Waals surface area contributed by atoms with Gasteiger partial charge in [-0.25, -0.2) is 0 Å². The number of rotatable bonds is 9. The first-order valence-electron chi connectivity index (χ1n) is 14.0. The van der Waals surface area contributed by atoms with Crippen LogP contribution in [0.2, 0.25) is 5.02 Å². The van der Waals surface area contributed by atoms with E-state index in [4.69, 9.17) is 16.0 Å². The van der Waals surface area contributed by atoms with Gasteiger partial charge in [-0.15, -0.1) is 12.4 Å². The second-order valence-electron chi connectivity index (χ2n) is 10.5. The molecule has 0 unspecified atom stereocenters. The zero-order valence-electron chi connectivity index (χ0n) is 24.5. The number of para-hydroxylation sites is 1. The van der Waals surface area contributed by atoms with Gasteiger partial charge in [0, 0.05) is 48.9 Å². The molecule has 1 saturated heterocycles. The summed E-state index contributed by atoms with van der Waals surface area (Å²) in [6.45, 7) is 4.49. The zero-order valence-corrected chi connectivity index (χ0v) is 26.9. The van der Waals surface area contributed by atoms with Crippen LogP contribution in [0.1, 0.15) is 22.3 Å². The Bertz CT molecular complexity index is 1880. The molecule has 1 amide bonds. The molecule has 46 heavy (non-hydrogen) atoms. The Hall–Kier alpha value is -3.78. The maximum atomic E-state index is 13.1. The molecule has 0 aliphatic carbocycles. The van der Waals surface area contributed by atoms with E-state index in [1.165, 1.54) is 12.1 Å². The standard InChI is InChI=1S/C31H29ClF3N3O6S.ClH/c1-20-27(39)23-9-5-10-24(29(23)43-28(20)21-7-3-2-4-8-21)30(40)36-13-6-14-37-15-17-38(18-16-37)25-19-22(32)11-12-26(25)44-45(41,42)31(33,34)35;/h2-5,7-12,19H,6,13-18H2,1H3,(H,36,40);1H. The van der Waals surface area contributed by atoms with Gasteiger partial charge in [0.05, 0.1) is 16.6 Å². The molecule has 0 saturated carbocycles. The minimum absolute atomic E-state index is 0. The largest absolute Gasteiger partial charge is 0.534 e. The molecule has 1 fully saturated rings. The summed E-state index contributed by atoms with van der Waals surface area (Å²) in [5, 5.41) is 3.43. The maximum absolute atomic E-state index is 13.1. The third kappa shape index (κ3) is 7.60. The van der Waals surface area contributed by atoms with Gasteiger partial charge in [-0.1, -0.05) is 48.0 Å². The van der Waals surface area contributed by atoms with Gasteiger partial charge in [0.2, 0.25) is 0 Å². The van der Waals surface area contributed by atoms with E-state index in [-0.39, 0.29) is 45.6 Å². The van der Waals surface area contributed by atoms with Crippen LogP contribution < -0.4 is 19.8 Å². The summed E-state index contributed by atoms with van der Waals surface area (Å²) in [4.78, 5) is 30.1.